The van der Waals surface area contributed by atoms with E-state index in [0.717, 1.165) is 27.8 Å². The molecule has 0 atom stereocenters. The maximum absolute atomic E-state index is 12.9. The second kappa shape index (κ2) is 9.29. The van der Waals surface area contributed by atoms with E-state index in [2.05, 4.69) is 0 Å². The van der Waals surface area contributed by atoms with Crippen molar-refractivity contribution in [2.45, 2.75) is 6.61 Å². The highest BCUT2D eigenvalue weighted by Gasteiger charge is 2.37. The lowest BCUT2D eigenvalue weighted by atomic mass is 10.2. The molecule has 0 N–H and O–H groups in total. The Morgan fingerprint density at radius 2 is 1.68 bits per heavy atom. The molecule has 1 aliphatic rings. The molecule has 31 heavy (non-hydrogen) atoms. The van der Waals surface area contributed by atoms with E-state index in [9.17, 15) is 9.59 Å². The molecule has 1 heterocycles. The summed E-state index contributed by atoms with van der Waals surface area (Å²) in [5, 5.41) is 0.326. The number of thioether (sulfide) groups is 1. The van der Waals surface area contributed by atoms with Crippen LogP contribution in [0, 0.1) is 0 Å². The standard InChI is InChI=1S/C24H18ClNO4S/c1-29-21-5-3-2-4-20(21)26-23(27)22(31-24(26)28)14-16-8-12-19(13-9-16)30-15-17-6-10-18(25)11-7-17/h2-14H,15H2,1H3/b22-14-. The minimum Gasteiger partial charge on any atom is -0.495 e. The SMILES string of the molecule is COc1ccccc1N1C(=O)S/C(=C\c2ccc(OCc3ccc(Cl)cc3)cc2)C1=O. The highest BCUT2D eigenvalue weighted by molar-refractivity contribution is 8.19. The summed E-state index contributed by atoms with van der Waals surface area (Å²) >= 11 is 6.80. The largest absolute Gasteiger partial charge is 0.495 e. The second-order valence-electron chi connectivity index (χ2n) is 6.67. The number of amides is 2. The molecule has 0 bridgehead atoms. The van der Waals surface area contributed by atoms with Crippen molar-refractivity contribution in [2.24, 2.45) is 0 Å². The van der Waals surface area contributed by atoms with Crippen molar-refractivity contribution in [1.29, 1.82) is 0 Å². The summed E-state index contributed by atoms with van der Waals surface area (Å²) in [5.41, 5.74) is 2.24. The van der Waals surface area contributed by atoms with Gasteiger partial charge in [0.1, 0.15) is 18.1 Å². The molecule has 1 aliphatic heterocycles. The molecule has 3 aromatic carbocycles. The fraction of sp³-hybridized carbons (Fsp3) is 0.0833. The van der Waals surface area contributed by atoms with E-state index < -0.39 is 0 Å². The van der Waals surface area contributed by atoms with Crippen molar-refractivity contribution in [3.05, 3.63) is 93.9 Å². The first-order chi connectivity index (χ1) is 15.0. The summed E-state index contributed by atoms with van der Waals surface area (Å²) in [7, 11) is 1.50. The summed E-state index contributed by atoms with van der Waals surface area (Å²) in [5.74, 6) is 0.796. The van der Waals surface area contributed by atoms with Gasteiger partial charge in [-0.15, -0.1) is 0 Å². The first kappa shape index (κ1) is 21.0. The van der Waals surface area contributed by atoms with Gasteiger partial charge in [0, 0.05) is 5.02 Å². The highest BCUT2D eigenvalue weighted by Crippen LogP contribution is 2.39. The van der Waals surface area contributed by atoms with Gasteiger partial charge in [-0.2, -0.15) is 0 Å². The van der Waals surface area contributed by atoms with Crippen LogP contribution >= 0.6 is 23.4 Å². The van der Waals surface area contributed by atoms with E-state index in [-0.39, 0.29) is 11.1 Å². The molecule has 0 aromatic heterocycles. The number of imide groups is 1. The number of carbonyl (C=O) groups is 2. The number of para-hydroxylation sites is 2. The zero-order chi connectivity index (χ0) is 21.8. The molecule has 2 amide bonds. The average molecular weight is 452 g/mol. The Labute approximate surface area is 189 Å². The van der Waals surface area contributed by atoms with Gasteiger partial charge in [0.05, 0.1) is 17.7 Å². The number of hydrogen-bond donors (Lipinski definition) is 0. The number of methoxy groups -OCH3 is 1. The molecule has 5 nitrogen and oxygen atoms in total. The van der Waals surface area contributed by atoms with Crippen LogP contribution in [-0.4, -0.2) is 18.3 Å². The molecule has 7 heteroatoms. The van der Waals surface area contributed by atoms with Gasteiger partial charge in [0.15, 0.2) is 0 Å². The maximum atomic E-state index is 12.9. The Hall–Kier alpha value is -3.22. The lowest BCUT2D eigenvalue weighted by Crippen LogP contribution is -2.28. The van der Waals surface area contributed by atoms with Gasteiger partial charge in [-0.1, -0.05) is 48.0 Å². The fourth-order valence-corrected chi connectivity index (χ4v) is 4.01. The fourth-order valence-electron chi connectivity index (χ4n) is 3.05. The molecule has 1 fully saturated rings. The zero-order valence-electron chi connectivity index (χ0n) is 16.6. The van der Waals surface area contributed by atoms with Crippen LogP contribution in [-0.2, 0) is 11.4 Å². The molecule has 3 aromatic rings. The predicted octanol–water partition coefficient (Wildman–Crippen LogP) is 6.17. The van der Waals surface area contributed by atoms with E-state index in [4.69, 9.17) is 21.1 Å². The molecular formula is C24H18ClNO4S. The summed E-state index contributed by atoms with van der Waals surface area (Å²) in [4.78, 5) is 26.8. The van der Waals surface area contributed by atoms with Gasteiger partial charge in [0.2, 0.25) is 0 Å². The van der Waals surface area contributed by atoms with Crippen molar-refractivity contribution in [1.82, 2.24) is 0 Å². The molecule has 156 valence electrons. The molecule has 0 radical (unpaired) electrons. The quantitative estimate of drug-likeness (QED) is 0.419. The number of nitrogens with zero attached hydrogens (tertiary/aromatic N) is 1. The van der Waals surface area contributed by atoms with Crippen molar-refractivity contribution in [3.8, 4) is 11.5 Å². The predicted molar refractivity (Wildman–Crippen MR) is 124 cm³/mol. The van der Waals surface area contributed by atoms with E-state index >= 15 is 0 Å². The summed E-state index contributed by atoms with van der Waals surface area (Å²) < 4.78 is 11.1. The van der Waals surface area contributed by atoms with E-state index in [1.54, 1.807) is 30.3 Å². The normalized spacial score (nSPS) is 14.9. The molecule has 0 aliphatic carbocycles. The zero-order valence-corrected chi connectivity index (χ0v) is 18.2. The Balaban J connectivity index is 1.46. The Morgan fingerprint density at radius 1 is 0.968 bits per heavy atom. The minimum absolute atomic E-state index is 0.353. The van der Waals surface area contributed by atoms with Crippen LogP contribution in [0.5, 0.6) is 11.5 Å². The van der Waals surface area contributed by atoms with Crippen molar-refractivity contribution in [3.63, 3.8) is 0 Å². The topological polar surface area (TPSA) is 55.8 Å². The van der Waals surface area contributed by atoms with E-state index in [0.29, 0.717) is 33.7 Å². The Kier molecular flexibility index (Phi) is 6.30. The highest BCUT2D eigenvalue weighted by atomic mass is 35.5. The number of carbonyl (C=O) groups excluding carboxylic acids is 2. The van der Waals surface area contributed by atoms with E-state index in [1.807, 2.05) is 48.5 Å². The lowest BCUT2D eigenvalue weighted by Gasteiger charge is -2.15. The first-order valence-corrected chi connectivity index (χ1v) is 10.6. The number of benzene rings is 3. The van der Waals surface area contributed by atoms with Crippen LogP contribution in [0.15, 0.2) is 77.7 Å². The van der Waals surface area contributed by atoms with Crippen molar-refractivity contribution >= 4 is 46.3 Å². The lowest BCUT2D eigenvalue weighted by molar-refractivity contribution is -0.113. The van der Waals surface area contributed by atoms with Gasteiger partial charge in [-0.05, 0) is 65.4 Å². The van der Waals surface area contributed by atoms with Crippen molar-refractivity contribution < 1.29 is 19.1 Å². The molecule has 0 unspecified atom stereocenters. The van der Waals surface area contributed by atoms with Crippen LogP contribution in [0.4, 0.5) is 10.5 Å². The Bertz CT molecular complexity index is 1140. The number of halogens is 1. The summed E-state index contributed by atoms with van der Waals surface area (Å²) in [6.45, 7) is 0.425. The monoisotopic (exact) mass is 451 g/mol. The van der Waals surface area contributed by atoms with Crippen molar-refractivity contribution in [2.75, 3.05) is 12.0 Å². The van der Waals surface area contributed by atoms with Crippen LogP contribution in [0.3, 0.4) is 0 Å². The van der Waals surface area contributed by atoms with Gasteiger partial charge in [-0.3, -0.25) is 9.59 Å². The summed E-state index contributed by atoms with van der Waals surface area (Å²) in [6.07, 6.45) is 1.70. The molecule has 4 rings (SSSR count). The number of anilines is 1. The van der Waals surface area contributed by atoms with Crippen LogP contribution in [0.2, 0.25) is 5.02 Å². The molecule has 0 saturated carbocycles. The number of ether oxygens (including phenoxy) is 2. The third-order valence-corrected chi connectivity index (χ3v) is 5.74. The number of hydrogen-bond acceptors (Lipinski definition) is 5. The second-order valence-corrected chi connectivity index (χ2v) is 8.10. The third-order valence-electron chi connectivity index (χ3n) is 4.62. The maximum Gasteiger partial charge on any atom is 0.298 e. The van der Waals surface area contributed by atoms with Gasteiger partial charge in [0.25, 0.3) is 11.1 Å². The minimum atomic E-state index is -0.373. The first-order valence-electron chi connectivity index (χ1n) is 9.43. The Morgan fingerprint density at radius 3 is 2.39 bits per heavy atom. The van der Waals surface area contributed by atoms with Gasteiger partial charge in [-0.25, -0.2) is 4.90 Å². The average Bonchev–Trinajstić information content (AvgIpc) is 3.07. The number of rotatable bonds is 6. The smallest absolute Gasteiger partial charge is 0.298 e. The molecular weight excluding hydrogens is 434 g/mol. The van der Waals surface area contributed by atoms with Gasteiger partial charge < -0.3 is 9.47 Å². The summed E-state index contributed by atoms with van der Waals surface area (Å²) in [6, 6.07) is 21.7. The van der Waals surface area contributed by atoms with Crippen LogP contribution < -0.4 is 14.4 Å². The third kappa shape index (κ3) is 4.76. The van der Waals surface area contributed by atoms with Gasteiger partial charge >= 0.3 is 0 Å². The van der Waals surface area contributed by atoms with Crippen LogP contribution in [0.1, 0.15) is 11.1 Å². The molecule has 0 spiro atoms. The van der Waals surface area contributed by atoms with Crippen LogP contribution in [0.25, 0.3) is 6.08 Å². The molecule has 1 saturated heterocycles. The van der Waals surface area contributed by atoms with E-state index in [1.165, 1.54) is 7.11 Å².